The number of fused-ring (bicyclic) bond motifs is 1. The summed E-state index contributed by atoms with van der Waals surface area (Å²) in [6, 6.07) is 4.00. The molecule has 0 aromatic heterocycles. The monoisotopic (exact) mass is 298 g/mol. The third kappa shape index (κ3) is 1.70. The van der Waals surface area contributed by atoms with Gasteiger partial charge in [0.25, 0.3) is 0 Å². The molecule has 1 heterocycles. The van der Waals surface area contributed by atoms with Crippen LogP contribution in [0.5, 0.6) is 5.75 Å². The molecule has 1 spiro atoms. The van der Waals surface area contributed by atoms with E-state index >= 15 is 0 Å². The molecule has 1 aromatic carbocycles. The van der Waals surface area contributed by atoms with Gasteiger partial charge in [-0.3, -0.25) is 4.79 Å². The van der Waals surface area contributed by atoms with E-state index in [0.29, 0.717) is 5.57 Å². The minimum Gasteiger partial charge on any atom is -0.477 e. The molecule has 1 aromatic rings. The van der Waals surface area contributed by atoms with Gasteiger partial charge in [-0.1, -0.05) is 12.6 Å². The number of hydrogen-bond acceptors (Lipinski definition) is 4. The van der Waals surface area contributed by atoms with Crippen LogP contribution in [0.3, 0.4) is 0 Å². The molecule has 22 heavy (non-hydrogen) atoms. The second kappa shape index (κ2) is 4.57. The van der Waals surface area contributed by atoms with Crippen LogP contribution in [0.4, 0.5) is 0 Å². The van der Waals surface area contributed by atoms with E-state index in [1.165, 1.54) is 7.11 Å². The van der Waals surface area contributed by atoms with E-state index in [-0.39, 0.29) is 17.8 Å². The number of benzene rings is 1. The van der Waals surface area contributed by atoms with Gasteiger partial charge in [0.1, 0.15) is 11.3 Å². The van der Waals surface area contributed by atoms with Crippen LogP contribution in [0.2, 0.25) is 0 Å². The molecule has 1 atom stereocenters. The van der Waals surface area contributed by atoms with Crippen LogP contribution in [-0.2, 0) is 14.3 Å². The Bertz CT molecular complexity index is 770. The lowest BCUT2D eigenvalue weighted by Gasteiger charge is -2.26. The first-order valence-corrected chi connectivity index (χ1v) is 7.14. The molecule has 1 aliphatic heterocycles. The van der Waals surface area contributed by atoms with Crippen molar-refractivity contribution < 1.29 is 19.1 Å². The molecule has 0 N–H and O–H groups in total. The first kappa shape index (κ1) is 14.6. The van der Waals surface area contributed by atoms with E-state index in [1.807, 2.05) is 19.9 Å². The Morgan fingerprint density at radius 1 is 1.32 bits per heavy atom. The molecule has 1 aliphatic carbocycles. The molecule has 4 nitrogen and oxygen atoms in total. The second-order valence-electron chi connectivity index (χ2n) is 5.95. The normalized spacial score (nSPS) is 23.1. The Morgan fingerprint density at radius 3 is 2.64 bits per heavy atom. The minimum absolute atomic E-state index is 0.0887. The summed E-state index contributed by atoms with van der Waals surface area (Å²) in [6.45, 7) is 9.90. The standard InChI is InChI=1S/C18H18O4/c1-9-6-10(2)15-11(3)18(22-14(15)7-9)8-13(19)16(12(18)4)17(20)21-5/h6-7H,3,8H2,1-2,4-5H3. The van der Waals surface area contributed by atoms with Gasteiger partial charge in [-0.15, -0.1) is 0 Å². The van der Waals surface area contributed by atoms with Crippen LogP contribution >= 0.6 is 0 Å². The van der Waals surface area contributed by atoms with Crippen molar-refractivity contribution in [2.24, 2.45) is 0 Å². The summed E-state index contributed by atoms with van der Waals surface area (Å²) in [5, 5.41) is 0. The predicted octanol–water partition coefficient (Wildman–Crippen LogP) is 2.91. The molecule has 4 heteroatoms. The fraction of sp³-hybridized carbons (Fsp3) is 0.333. The number of carbonyl (C=O) groups is 2. The van der Waals surface area contributed by atoms with Gasteiger partial charge in [0.2, 0.25) is 0 Å². The lowest BCUT2D eigenvalue weighted by atomic mass is 9.84. The van der Waals surface area contributed by atoms with Gasteiger partial charge >= 0.3 is 5.97 Å². The maximum Gasteiger partial charge on any atom is 0.341 e. The van der Waals surface area contributed by atoms with Crippen LogP contribution in [-0.4, -0.2) is 24.5 Å². The summed E-state index contributed by atoms with van der Waals surface area (Å²) < 4.78 is 10.9. The van der Waals surface area contributed by atoms with Gasteiger partial charge < -0.3 is 9.47 Å². The zero-order valence-corrected chi connectivity index (χ0v) is 13.2. The van der Waals surface area contributed by atoms with Crippen LogP contribution in [0.1, 0.15) is 30.0 Å². The number of esters is 1. The highest BCUT2D eigenvalue weighted by Gasteiger charge is 2.54. The molecular formula is C18H18O4. The summed E-state index contributed by atoms with van der Waals surface area (Å²) in [5.74, 6) is -0.145. The number of rotatable bonds is 1. The molecule has 0 bridgehead atoms. The number of carbonyl (C=O) groups excluding carboxylic acids is 2. The Hall–Kier alpha value is -2.36. The largest absolute Gasteiger partial charge is 0.477 e. The summed E-state index contributed by atoms with van der Waals surface area (Å²) in [5.41, 5.74) is 3.55. The van der Waals surface area contributed by atoms with Gasteiger partial charge in [-0.2, -0.15) is 0 Å². The second-order valence-corrected chi connectivity index (χ2v) is 5.95. The van der Waals surface area contributed by atoms with E-state index in [9.17, 15) is 9.59 Å². The quantitative estimate of drug-likeness (QED) is 0.591. The summed E-state index contributed by atoms with van der Waals surface area (Å²) in [6.07, 6.45) is 0.0925. The number of ketones is 1. The molecule has 0 fully saturated rings. The number of aryl methyl sites for hydroxylation is 2. The van der Waals surface area contributed by atoms with Gasteiger partial charge in [-0.05, 0) is 43.5 Å². The Balaban J connectivity index is 2.17. The van der Waals surface area contributed by atoms with Gasteiger partial charge in [-0.25, -0.2) is 4.79 Å². The average Bonchev–Trinajstić information content (AvgIpc) is 2.85. The lowest BCUT2D eigenvalue weighted by Crippen LogP contribution is -2.32. The Labute approximate surface area is 129 Å². The third-order valence-electron chi connectivity index (χ3n) is 4.58. The van der Waals surface area contributed by atoms with Crippen LogP contribution in [0.15, 0.2) is 29.9 Å². The fourth-order valence-corrected chi connectivity index (χ4v) is 3.52. The van der Waals surface area contributed by atoms with Crippen molar-refractivity contribution >= 4 is 17.3 Å². The first-order chi connectivity index (χ1) is 10.3. The summed E-state index contributed by atoms with van der Waals surface area (Å²) in [7, 11) is 1.27. The minimum atomic E-state index is -0.943. The van der Waals surface area contributed by atoms with E-state index in [0.717, 1.165) is 28.0 Å². The number of Topliss-reactive ketones (excluding diaryl/α,β-unsaturated/α-hetero) is 1. The first-order valence-electron chi connectivity index (χ1n) is 7.14. The maximum absolute atomic E-state index is 12.3. The third-order valence-corrected chi connectivity index (χ3v) is 4.58. The number of ether oxygens (including phenoxy) is 2. The zero-order valence-electron chi connectivity index (χ0n) is 13.2. The van der Waals surface area contributed by atoms with Gasteiger partial charge in [0.15, 0.2) is 11.4 Å². The molecule has 0 saturated carbocycles. The molecule has 0 amide bonds. The van der Waals surface area contributed by atoms with Gasteiger partial charge in [0.05, 0.1) is 13.5 Å². The van der Waals surface area contributed by atoms with Crippen molar-refractivity contribution in [3.8, 4) is 5.75 Å². The van der Waals surface area contributed by atoms with Crippen molar-refractivity contribution in [2.45, 2.75) is 32.8 Å². The van der Waals surface area contributed by atoms with Crippen molar-refractivity contribution in [3.05, 3.63) is 46.5 Å². The predicted molar refractivity (Wildman–Crippen MR) is 82.6 cm³/mol. The Morgan fingerprint density at radius 2 is 2.00 bits per heavy atom. The van der Waals surface area contributed by atoms with Crippen LogP contribution in [0.25, 0.3) is 5.57 Å². The number of methoxy groups -OCH3 is 1. The fourth-order valence-electron chi connectivity index (χ4n) is 3.52. The van der Waals surface area contributed by atoms with Crippen molar-refractivity contribution in [1.29, 1.82) is 0 Å². The SMILES string of the molecule is C=C1c2c(C)cc(C)cc2OC12CC(=O)C(C(=O)OC)=C2C. The summed E-state index contributed by atoms with van der Waals surface area (Å²) in [4.78, 5) is 24.2. The van der Waals surface area contributed by atoms with E-state index in [2.05, 4.69) is 12.6 Å². The number of hydrogen-bond donors (Lipinski definition) is 0. The van der Waals surface area contributed by atoms with Crippen molar-refractivity contribution in [2.75, 3.05) is 7.11 Å². The highest BCUT2D eigenvalue weighted by Crippen LogP contribution is 2.53. The molecule has 1 unspecified atom stereocenters. The molecule has 0 saturated heterocycles. The van der Waals surface area contributed by atoms with Gasteiger partial charge in [0, 0.05) is 11.1 Å². The maximum atomic E-state index is 12.3. The van der Waals surface area contributed by atoms with E-state index in [4.69, 9.17) is 9.47 Å². The average molecular weight is 298 g/mol. The van der Waals surface area contributed by atoms with Crippen LogP contribution in [0, 0.1) is 13.8 Å². The van der Waals surface area contributed by atoms with E-state index < -0.39 is 11.6 Å². The Kier molecular flexibility index (Phi) is 3.02. The zero-order chi connectivity index (χ0) is 16.2. The molecule has 2 aliphatic rings. The molecule has 3 rings (SSSR count). The highest BCUT2D eigenvalue weighted by atomic mass is 16.5. The molecular weight excluding hydrogens is 280 g/mol. The smallest absolute Gasteiger partial charge is 0.341 e. The van der Waals surface area contributed by atoms with Crippen molar-refractivity contribution in [3.63, 3.8) is 0 Å². The van der Waals surface area contributed by atoms with Crippen molar-refractivity contribution in [1.82, 2.24) is 0 Å². The molecule has 0 radical (unpaired) electrons. The summed E-state index contributed by atoms with van der Waals surface area (Å²) >= 11 is 0. The van der Waals surface area contributed by atoms with Crippen LogP contribution < -0.4 is 4.74 Å². The lowest BCUT2D eigenvalue weighted by molar-refractivity contribution is -0.137. The van der Waals surface area contributed by atoms with E-state index in [1.54, 1.807) is 6.92 Å². The molecule has 114 valence electrons. The topological polar surface area (TPSA) is 52.6 Å². The highest BCUT2D eigenvalue weighted by molar-refractivity contribution is 6.22.